The van der Waals surface area contributed by atoms with Gasteiger partial charge in [0.1, 0.15) is 11.6 Å². The second kappa shape index (κ2) is 10.5. The minimum Gasteiger partial charge on any atom is -0.493 e. The first-order valence-corrected chi connectivity index (χ1v) is 12.3. The van der Waals surface area contributed by atoms with Crippen LogP contribution in [0.15, 0.2) is 60.7 Å². The zero-order valence-electron chi connectivity index (χ0n) is 20.8. The number of piperidine rings is 1. The number of carbonyl (C=O) groups is 2. The predicted molar refractivity (Wildman–Crippen MR) is 137 cm³/mol. The van der Waals surface area contributed by atoms with Crippen LogP contribution < -0.4 is 19.5 Å². The number of nitrogens with zero attached hydrogens (tertiary/aromatic N) is 1. The van der Waals surface area contributed by atoms with Gasteiger partial charge in [-0.3, -0.25) is 9.59 Å². The predicted octanol–water partition coefficient (Wildman–Crippen LogP) is 4.86. The molecular formula is C29H29FN2O5. The van der Waals surface area contributed by atoms with E-state index in [0.717, 1.165) is 24.0 Å². The van der Waals surface area contributed by atoms with Gasteiger partial charge in [0.2, 0.25) is 0 Å². The summed E-state index contributed by atoms with van der Waals surface area (Å²) in [6.07, 6.45) is 1.57. The van der Waals surface area contributed by atoms with Gasteiger partial charge in [-0.2, -0.15) is 0 Å². The minimum atomic E-state index is -0.276. The molecule has 1 fully saturated rings. The van der Waals surface area contributed by atoms with Gasteiger partial charge in [-0.15, -0.1) is 0 Å². The number of anilines is 1. The Morgan fingerprint density at radius 3 is 2.38 bits per heavy atom. The van der Waals surface area contributed by atoms with Crippen molar-refractivity contribution in [1.82, 2.24) is 4.90 Å². The van der Waals surface area contributed by atoms with Gasteiger partial charge in [-0.05, 0) is 72.4 Å². The Bertz CT molecular complexity index is 1300. The summed E-state index contributed by atoms with van der Waals surface area (Å²) in [5, 5.41) is 2.76. The van der Waals surface area contributed by atoms with Gasteiger partial charge in [0, 0.05) is 24.6 Å². The van der Waals surface area contributed by atoms with E-state index in [-0.39, 0.29) is 36.1 Å². The van der Waals surface area contributed by atoms with Crippen molar-refractivity contribution < 1.29 is 28.2 Å². The Morgan fingerprint density at radius 1 is 0.973 bits per heavy atom. The van der Waals surface area contributed by atoms with Crippen LogP contribution in [0.4, 0.5) is 10.1 Å². The van der Waals surface area contributed by atoms with Crippen LogP contribution in [-0.2, 0) is 4.79 Å². The van der Waals surface area contributed by atoms with Crippen molar-refractivity contribution in [3.63, 3.8) is 0 Å². The van der Waals surface area contributed by atoms with Crippen LogP contribution in [-0.4, -0.2) is 50.6 Å². The Labute approximate surface area is 215 Å². The van der Waals surface area contributed by atoms with Crippen LogP contribution >= 0.6 is 0 Å². The second-order valence-corrected chi connectivity index (χ2v) is 9.32. The highest BCUT2D eigenvalue weighted by atomic mass is 19.1. The number of carbonyl (C=O) groups excluding carboxylic acids is 2. The third-order valence-corrected chi connectivity index (χ3v) is 7.15. The maximum absolute atomic E-state index is 13.7. The van der Waals surface area contributed by atoms with E-state index in [4.69, 9.17) is 14.2 Å². The van der Waals surface area contributed by atoms with Crippen molar-refractivity contribution in [1.29, 1.82) is 0 Å². The number of benzene rings is 3. The van der Waals surface area contributed by atoms with Crippen molar-refractivity contribution in [2.75, 3.05) is 39.2 Å². The van der Waals surface area contributed by atoms with Crippen LogP contribution in [0.1, 0.15) is 40.2 Å². The maximum atomic E-state index is 13.7. The number of nitrogens with one attached hydrogen (secondary N) is 1. The van der Waals surface area contributed by atoms with Crippen molar-refractivity contribution >= 4 is 17.5 Å². The molecule has 7 nitrogen and oxygen atoms in total. The van der Waals surface area contributed by atoms with E-state index in [9.17, 15) is 14.0 Å². The number of ether oxygens (including phenoxy) is 3. The second-order valence-electron chi connectivity index (χ2n) is 9.32. The summed E-state index contributed by atoms with van der Waals surface area (Å²) in [6.45, 7) is 1.16. The molecule has 0 radical (unpaired) electrons. The molecule has 0 unspecified atom stereocenters. The van der Waals surface area contributed by atoms with Gasteiger partial charge in [0.05, 0.1) is 19.9 Å². The van der Waals surface area contributed by atoms with Gasteiger partial charge in [0.25, 0.3) is 11.8 Å². The quantitative estimate of drug-likeness (QED) is 0.519. The van der Waals surface area contributed by atoms with E-state index in [1.165, 1.54) is 12.1 Å². The molecule has 8 heteroatoms. The Kier molecular flexibility index (Phi) is 6.99. The van der Waals surface area contributed by atoms with Gasteiger partial charge in [0.15, 0.2) is 18.1 Å². The summed E-state index contributed by atoms with van der Waals surface area (Å²) in [6, 6.07) is 17.7. The molecule has 1 N–H and O–H groups in total. The number of hydrogen-bond donors (Lipinski definition) is 1. The average Bonchev–Trinajstić information content (AvgIpc) is 2.93. The van der Waals surface area contributed by atoms with Crippen molar-refractivity contribution in [2.24, 2.45) is 5.92 Å². The summed E-state index contributed by atoms with van der Waals surface area (Å²) < 4.78 is 30.1. The highest BCUT2D eigenvalue weighted by molar-refractivity contribution is 5.99. The lowest BCUT2D eigenvalue weighted by Crippen LogP contribution is -2.40. The van der Waals surface area contributed by atoms with E-state index >= 15 is 0 Å². The van der Waals surface area contributed by atoms with Crippen molar-refractivity contribution in [2.45, 2.75) is 18.8 Å². The summed E-state index contributed by atoms with van der Waals surface area (Å²) in [4.78, 5) is 26.8. The summed E-state index contributed by atoms with van der Waals surface area (Å²) >= 11 is 0. The van der Waals surface area contributed by atoms with Gasteiger partial charge >= 0.3 is 0 Å². The number of fused-ring (bicyclic) bond motifs is 1. The highest BCUT2D eigenvalue weighted by Gasteiger charge is 2.32. The van der Waals surface area contributed by atoms with Crippen LogP contribution in [0.3, 0.4) is 0 Å². The fraction of sp³-hybridized carbons (Fsp3) is 0.310. The fourth-order valence-electron chi connectivity index (χ4n) is 5.29. The number of hydrogen-bond acceptors (Lipinski definition) is 5. The molecule has 0 spiro atoms. The third kappa shape index (κ3) is 5.09. The zero-order valence-corrected chi connectivity index (χ0v) is 20.8. The average molecular weight is 505 g/mol. The van der Waals surface area contributed by atoms with E-state index in [2.05, 4.69) is 5.32 Å². The van der Waals surface area contributed by atoms with Gasteiger partial charge in [-0.1, -0.05) is 18.2 Å². The molecule has 0 bridgehead atoms. The molecule has 1 atom stereocenters. The topological polar surface area (TPSA) is 77.1 Å². The first-order valence-electron chi connectivity index (χ1n) is 12.3. The number of halogens is 1. The first-order chi connectivity index (χ1) is 18.0. The molecule has 2 aliphatic rings. The van der Waals surface area contributed by atoms with Crippen LogP contribution in [0.25, 0.3) is 0 Å². The maximum Gasteiger partial charge on any atom is 0.262 e. The summed E-state index contributed by atoms with van der Waals surface area (Å²) in [5.74, 6) is 1.51. The number of rotatable bonds is 6. The number of amides is 2. The molecule has 1 saturated heterocycles. The third-order valence-electron chi connectivity index (χ3n) is 7.15. The lowest BCUT2D eigenvalue weighted by molar-refractivity contribution is -0.118. The van der Waals surface area contributed by atoms with E-state index in [1.807, 2.05) is 35.2 Å². The Balaban J connectivity index is 1.36. The van der Waals surface area contributed by atoms with Crippen LogP contribution in [0, 0.1) is 11.7 Å². The highest BCUT2D eigenvalue weighted by Crippen LogP contribution is 2.41. The Morgan fingerprint density at radius 2 is 1.68 bits per heavy atom. The lowest BCUT2D eigenvalue weighted by Gasteiger charge is -2.37. The Hall–Kier alpha value is -4.07. The lowest BCUT2D eigenvalue weighted by atomic mass is 9.76. The molecule has 5 rings (SSSR count). The molecule has 192 valence electrons. The fourth-order valence-corrected chi connectivity index (χ4v) is 5.29. The standard InChI is InChI=1S/C29H29FN2O5/c1-35-25-10-5-20(16-26(25)36-2)28(18-3-7-22(30)8-4-18)19-11-13-32(14-12-19)29(34)21-6-9-24-23(15-21)31-27(33)17-37-24/h3-10,15-16,19,28H,11-14,17H2,1-2H3,(H,31,33)/t28-/m0/s1. The summed E-state index contributed by atoms with van der Waals surface area (Å²) in [7, 11) is 3.21. The SMILES string of the molecule is COc1ccc([C@@H](c2ccc(F)cc2)C2CCN(C(=O)c3ccc4c(c3)NC(=O)CO4)CC2)cc1OC. The van der Waals surface area contributed by atoms with Crippen molar-refractivity contribution in [3.05, 3.63) is 83.2 Å². The van der Waals surface area contributed by atoms with Gasteiger partial charge in [-0.25, -0.2) is 4.39 Å². The number of methoxy groups -OCH3 is 2. The smallest absolute Gasteiger partial charge is 0.262 e. The summed E-state index contributed by atoms with van der Waals surface area (Å²) in [5.41, 5.74) is 3.10. The molecule has 0 aromatic heterocycles. The minimum absolute atomic E-state index is 0.00811. The molecule has 3 aromatic rings. The van der Waals surface area contributed by atoms with Crippen LogP contribution in [0.2, 0.25) is 0 Å². The van der Waals surface area contributed by atoms with Crippen molar-refractivity contribution in [3.8, 4) is 17.2 Å². The first kappa shape index (κ1) is 24.6. The van der Waals surface area contributed by atoms with E-state index < -0.39 is 0 Å². The molecule has 2 heterocycles. The zero-order chi connectivity index (χ0) is 25.9. The molecule has 37 heavy (non-hydrogen) atoms. The van der Waals surface area contributed by atoms with Gasteiger partial charge < -0.3 is 24.4 Å². The molecule has 3 aromatic carbocycles. The molecule has 0 aliphatic carbocycles. The monoisotopic (exact) mass is 504 g/mol. The molecule has 2 aliphatic heterocycles. The van der Waals surface area contributed by atoms with E-state index in [0.29, 0.717) is 41.6 Å². The molecule has 2 amide bonds. The largest absolute Gasteiger partial charge is 0.493 e. The van der Waals surface area contributed by atoms with Crippen LogP contribution in [0.5, 0.6) is 17.2 Å². The molecular weight excluding hydrogens is 475 g/mol. The van der Waals surface area contributed by atoms with E-state index in [1.54, 1.807) is 32.4 Å². The number of likely N-dealkylation sites (tertiary alicyclic amines) is 1. The molecule has 0 saturated carbocycles. The normalized spacial score (nSPS) is 16.3.